The van der Waals surface area contributed by atoms with Crippen LogP contribution in [0.5, 0.6) is 0 Å². The van der Waals surface area contributed by atoms with E-state index in [0.29, 0.717) is 27.8 Å². The van der Waals surface area contributed by atoms with Crippen molar-refractivity contribution in [2.75, 3.05) is 0 Å². The zero-order chi connectivity index (χ0) is 17.6. The molecular weight excluding hydrogens is 343 g/mol. The van der Waals surface area contributed by atoms with Crippen molar-refractivity contribution in [1.82, 2.24) is 9.55 Å². The van der Waals surface area contributed by atoms with Crippen LogP contribution in [0.3, 0.4) is 0 Å². The summed E-state index contributed by atoms with van der Waals surface area (Å²) in [7, 11) is 0. The summed E-state index contributed by atoms with van der Waals surface area (Å²) in [5.74, 6) is -1.97. The number of hydrogen-bond acceptors (Lipinski definition) is 4. The summed E-state index contributed by atoms with van der Waals surface area (Å²) in [6.45, 7) is 0.0663. The van der Waals surface area contributed by atoms with Crippen molar-refractivity contribution in [3.8, 4) is 0 Å². The Hall–Kier alpha value is -2.54. The van der Waals surface area contributed by atoms with Gasteiger partial charge in [-0.3, -0.25) is 14.2 Å². The number of nitrogens with zero attached hydrogens (tertiary/aromatic N) is 2. The summed E-state index contributed by atoms with van der Waals surface area (Å²) < 4.78 is 15.2. The Bertz CT molecular complexity index is 1040. The minimum Gasteiger partial charge on any atom is -0.481 e. The molecule has 2 aromatic heterocycles. The number of carboxylic acids is 1. The predicted octanol–water partition coefficient (Wildman–Crippen LogP) is 3.15. The van der Waals surface area contributed by atoms with Crippen LogP contribution in [0.1, 0.15) is 34.8 Å². The van der Waals surface area contributed by atoms with Crippen molar-refractivity contribution in [2.24, 2.45) is 0 Å². The molecule has 7 heteroatoms. The van der Waals surface area contributed by atoms with Gasteiger partial charge in [0.05, 0.1) is 24.2 Å². The summed E-state index contributed by atoms with van der Waals surface area (Å²) in [4.78, 5) is 30.4. The number of carboxylic acid groups (broad SMARTS) is 1. The van der Waals surface area contributed by atoms with Crippen molar-refractivity contribution >= 4 is 27.5 Å². The van der Waals surface area contributed by atoms with Crippen molar-refractivity contribution < 1.29 is 14.3 Å². The van der Waals surface area contributed by atoms with E-state index >= 15 is 0 Å². The third kappa shape index (κ3) is 2.64. The maximum atomic E-state index is 13.9. The lowest BCUT2D eigenvalue weighted by molar-refractivity contribution is -0.139. The molecular formula is C18H15FN2O3S. The molecule has 128 valence electrons. The fourth-order valence-corrected chi connectivity index (χ4v) is 4.66. The summed E-state index contributed by atoms with van der Waals surface area (Å²) >= 11 is 1.39. The monoisotopic (exact) mass is 358 g/mol. The van der Waals surface area contributed by atoms with Gasteiger partial charge in [-0.2, -0.15) is 0 Å². The van der Waals surface area contributed by atoms with Gasteiger partial charge < -0.3 is 5.11 Å². The Kier molecular flexibility index (Phi) is 3.88. The van der Waals surface area contributed by atoms with Crippen molar-refractivity contribution in [1.29, 1.82) is 0 Å². The van der Waals surface area contributed by atoms with E-state index < -0.39 is 11.9 Å². The molecule has 0 amide bonds. The molecule has 0 aliphatic heterocycles. The predicted molar refractivity (Wildman–Crippen MR) is 92.7 cm³/mol. The second-order valence-corrected chi connectivity index (χ2v) is 7.25. The van der Waals surface area contributed by atoms with E-state index in [4.69, 9.17) is 0 Å². The number of hydrogen-bond donors (Lipinski definition) is 1. The summed E-state index contributed by atoms with van der Waals surface area (Å²) in [5.41, 5.74) is 0.697. The van der Waals surface area contributed by atoms with E-state index in [9.17, 15) is 19.1 Å². The molecule has 0 fully saturated rings. The molecule has 2 heterocycles. The van der Waals surface area contributed by atoms with E-state index in [1.165, 1.54) is 28.3 Å². The number of aryl methyl sites for hydroxylation is 1. The van der Waals surface area contributed by atoms with E-state index in [-0.39, 0.29) is 17.9 Å². The summed E-state index contributed by atoms with van der Waals surface area (Å²) in [6.07, 6.45) is 3.50. The highest BCUT2D eigenvalue weighted by molar-refractivity contribution is 7.18. The van der Waals surface area contributed by atoms with E-state index in [0.717, 1.165) is 17.7 Å². The number of halogens is 1. The minimum atomic E-state index is -0.912. The molecule has 0 saturated carbocycles. The van der Waals surface area contributed by atoms with Gasteiger partial charge >= 0.3 is 5.97 Å². The van der Waals surface area contributed by atoms with Crippen molar-refractivity contribution in [3.05, 3.63) is 62.8 Å². The lowest BCUT2D eigenvalue weighted by Gasteiger charge is -2.18. The maximum absolute atomic E-state index is 13.9. The molecule has 1 aliphatic carbocycles. The number of carbonyl (C=O) groups is 1. The Morgan fingerprint density at radius 3 is 2.96 bits per heavy atom. The number of benzene rings is 1. The number of thiophene rings is 1. The molecule has 0 saturated heterocycles. The summed E-state index contributed by atoms with van der Waals surface area (Å²) in [6, 6.07) is 6.27. The average Bonchev–Trinajstić information content (AvgIpc) is 2.98. The Morgan fingerprint density at radius 1 is 1.40 bits per heavy atom. The topological polar surface area (TPSA) is 72.2 Å². The van der Waals surface area contributed by atoms with Crippen LogP contribution >= 0.6 is 11.3 Å². The first-order chi connectivity index (χ1) is 12.1. The van der Waals surface area contributed by atoms with E-state index in [2.05, 4.69) is 4.98 Å². The Labute approximate surface area is 146 Å². The van der Waals surface area contributed by atoms with Crippen LogP contribution in [-0.4, -0.2) is 20.6 Å². The molecule has 0 radical (unpaired) electrons. The molecule has 1 aliphatic rings. The quantitative estimate of drug-likeness (QED) is 0.781. The van der Waals surface area contributed by atoms with Gasteiger partial charge in [-0.05, 0) is 30.9 Å². The van der Waals surface area contributed by atoms with Crippen LogP contribution in [0.2, 0.25) is 0 Å². The first kappa shape index (κ1) is 16.0. The molecule has 1 N–H and O–H groups in total. The van der Waals surface area contributed by atoms with Crippen LogP contribution < -0.4 is 5.56 Å². The van der Waals surface area contributed by atoms with E-state index in [1.807, 2.05) is 0 Å². The molecule has 1 unspecified atom stereocenters. The molecule has 1 atom stereocenters. The zero-order valence-electron chi connectivity index (χ0n) is 13.2. The number of rotatable bonds is 3. The van der Waals surface area contributed by atoms with Crippen LogP contribution in [0.4, 0.5) is 4.39 Å². The second kappa shape index (κ2) is 6.07. The van der Waals surface area contributed by atoms with Gasteiger partial charge in [0.25, 0.3) is 5.56 Å². The number of fused-ring (bicyclic) bond motifs is 3. The highest BCUT2D eigenvalue weighted by atomic mass is 32.1. The molecule has 25 heavy (non-hydrogen) atoms. The SMILES string of the molecule is O=C(O)C1CCCc2sc3ncn(Cc4ccccc4F)c(=O)c3c21. The first-order valence-electron chi connectivity index (χ1n) is 8.03. The fraction of sp³-hybridized carbons (Fsp3) is 0.278. The normalized spacial score (nSPS) is 16.8. The Balaban J connectivity index is 1.88. The van der Waals surface area contributed by atoms with Crippen molar-refractivity contribution in [3.63, 3.8) is 0 Å². The minimum absolute atomic E-state index is 0.0663. The lowest BCUT2D eigenvalue weighted by atomic mass is 9.86. The van der Waals surface area contributed by atoms with Crippen LogP contribution in [0.15, 0.2) is 35.4 Å². The maximum Gasteiger partial charge on any atom is 0.311 e. The third-order valence-corrected chi connectivity index (χ3v) is 5.81. The lowest BCUT2D eigenvalue weighted by Crippen LogP contribution is -2.24. The van der Waals surface area contributed by atoms with Crippen molar-refractivity contribution in [2.45, 2.75) is 31.7 Å². The van der Waals surface area contributed by atoms with Gasteiger partial charge in [0.2, 0.25) is 0 Å². The van der Waals surface area contributed by atoms with Gasteiger partial charge in [0, 0.05) is 10.4 Å². The molecule has 1 aromatic carbocycles. The van der Waals surface area contributed by atoms with Gasteiger partial charge in [0.1, 0.15) is 10.6 Å². The van der Waals surface area contributed by atoms with Gasteiger partial charge in [-0.1, -0.05) is 18.2 Å². The van der Waals surface area contributed by atoms with Gasteiger partial charge in [-0.25, -0.2) is 9.37 Å². The third-order valence-electron chi connectivity index (χ3n) is 4.63. The number of aliphatic carboxylic acids is 1. The van der Waals surface area contributed by atoms with Gasteiger partial charge in [-0.15, -0.1) is 11.3 Å². The molecule has 3 aromatic rings. The average molecular weight is 358 g/mol. The highest BCUT2D eigenvalue weighted by Crippen LogP contribution is 2.40. The first-order valence-corrected chi connectivity index (χ1v) is 8.85. The van der Waals surface area contributed by atoms with Gasteiger partial charge in [0.15, 0.2) is 0 Å². The molecule has 5 nitrogen and oxygen atoms in total. The smallest absolute Gasteiger partial charge is 0.311 e. The summed E-state index contributed by atoms with van der Waals surface area (Å²) in [5, 5.41) is 9.90. The van der Waals surface area contributed by atoms with Crippen LogP contribution in [-0.2, 0) is 17.8 Å². The molecule has 0 bridgehead atoms. The largest absolute Gasteiger partial charge is 0.481 e. The standard InChI is InChI=1S/C18H15FN2O3S/c19-12-6-2-1-4-10(12)8-21-9-20-16-15(17(21)22)14-11(18(23)24)5-3-7-13(14)25-16/h1-2,4,6,9,11H,3,5,7-8H2,(H,23,24). The Morgan fingerprint density at radius 2 is 2.20 bits per heavy atom. The zero-order valence-corrected chi connectivity index (χ0v) is 14.1. The fourth-order valence-electron chi connectivity index (χ4n) is 3.43. The van der Waals surface area contributed by atoms with E-state index in [1.54, 1.807) is 18.2 Å². The van der Waals surface area contributed by atoms with Crippen LogP contribution in [0, 0.1) is 5.82 Å². The molecule has 0 spiro atoms. The second-order valence-electron chi connectivity index (χ2n) is 6.17. The molecule has 4 rings (SSSR count). The van der Waals surface area contributed by atoms with Crippen LogP contribution in [0.25, 0.3) is 10.2 Å². The number of aromatic nitrogens is 2. The highest BCUT2D eigenvalue weighted by Gasteiger charge is 2.32.